The minimum absolute atomic E-state index is 0.565. The summed E-state index contributed by atoms with van der Waals surface area (Å²) in [6.07, 6.45) is 0. The van der Waals surface area contributed by atoms with Crippen LogP contribution in [0.15, 0.2) is 18.2 Å². The molecule has 0 amide bonds. The van der Waals surface area contributed by atoms with Crippen LogP contribution in [0.4, 0.5) is 0 Å². The minimum Gasteiger partial charge on any atom is -0.372 e. The predicted molar refractivity (Wildman–Crippen MR) is 74.4 cm³/mol. The number of ether oxygens (including phenoxy) is 1. The summed E-state index contributed by atoms with van der Waals surface area (Å²) in [7, 11) is 2.17. The van der Waals surface area contributed by atoms with Crippen LogP contribution in [0.1, 0.15) is 30.5 Å². The Hall–Kier alpha value is -0.900. The first-order valence-corrected chi connectivity index (χ1v) is 6.75. The summed E-state index contributed by atoms with van der Waals surface area (Å²) in [5.74, 6) is 0. The van der Waals surface area contributed by atoms with Crippen molar-refractivity contribution in [1.29, 1.82) is 0 Å². The highest BCUT2D eigenvalue weighted by Crippen LogP contribution is 2.21. The quantitative estimate of drug-likeness (QED) is 0.835. The lowest BCUT2D eigenvalue weighted by Gasteiger charge is -2.18. The number of hydrogen-bond donors (Lipinski definition) is 1. The van der Waals surface area contributed by atoms with Crippen molar-refractivity contribution in [2.45, 2.75) is 39.6 Å². The van der Waals surface area contributed by atoms with Crippen molar-refractivity contribution in [3.63, 3.8) is 0 Å². The van der Waals surface area contributed by atoms with Gasteiger partial charge in [-0.2, -0.15) is 0 Å². The van der Waals surface area contributed by atoms with Gasteiger partial charge in [0.1, 0.15) is 0 Å². The lowest BCUT2D eigenvalue weighted by Crippen LogP contribution is -2.32. The maximum atomic E-state index is 5.44. The first-order valence-electron chi connectivity index (χ1n) is 6.75. The molecule has 0 radical (unpaired) electrons. The molecule has 0 fully saturated rings. The molecule has 0 spiro atoms. The van der Waals surface area contributed by atoms with Gasteiger partial charge < -0.3 is 15.0 Å². The van der Waals surface area contributed by atoms with Gasteiger partial charge in [-0.3, -0.25) is 0 Å². The maximum absolute atomic E-state index is 5.44. The Labute approximate surface area is 110 Å². The highest BCUT2D eigenvalue weighted by Gasteiger charge is 2.11. The molecule has 1 aromatic rings. The topological polar surface area (TPSA) is 24.5 Å². The summed E-state index contributed by atoms with van der Waals surface area (Å²) in [5.41, 5.74) is 4.09. The van der Waals surface area contributed by atoms with Crippen LogP contribution in [0.3, 0.4) is 0 Å². The van der Waals surface area contributed by atoms with E-state index in [1.165, 1.54) is 16.7 Å². The Morgan fingerprint density at radius 1 is 1.28 bits per heavy atom. The lowest BCUT2D eigenvalue weighted by atomic mass is 10.1. The fourth-order valence-corrected chi connectivity index (χ4v) is 2.26. The third kappa shape index (κ3) is 3.80. The van der Waals surface area contributed by atoms with Crippen molar-refractivity contribution in [1.82, 2.24) is 10.2 Å². The van der Waals surface area contributed by atoms with Crippen molar-refractivity contribution >= 4 is 0 Å². The first kappa shape index (κ1) is 13.5. The summed E-state index contributed by atoms with van der Waals surface area (Å²) in [4.78, 5) is 2.35. The second-order valence-electron chi connectivity index (χ2n) is 5.44. The Balaban J connectivity index is 1.82. The number of nitrogens with zero attached hydrogens (tertiary/aromatic N) is 1. The van der Waals surface area contributed by atoms with Gasteiger partial charge in [0, 0.05) is 25.7 Å². The zero-order valence-corrected chi connectivity index (χ0v) is 11.7. The first-order chi connectivity index (χ1) is 8.65. The van der Waals surface area contributed by atoms with E-state index in [4.69, 9.17) is 4.74 Å². The molecule has 0 saturated heterocycles. The minimum atomic E-state index is 0.565. The van der Waals surface area contributed by atoms with E-state index in [-0.39, 0.29) is 0 Å². The maximum Gasteiger partial charge on any atom is 0.0725 e. The van der Waals surface area contributed by atoms with Crippen LogP contribution in [-0.4, -0.2) is 31.1 Å². The van der Waals surface area contributed by atoms with E-state index in [0.717, 1.165) is 32.8 Å². The second-order valence-corrected chi connectivity index (χ2v) is 5.44. The van der Waals surface area contributed by atoms with Crippen molar-refractivity contribution in [2.75, 3.05) is 20.1 Å². The van der Waals surface area contributed by atoms with Gasteiger partial charge in [0.25, 0.3) is 0 Å². The third-order valence-electron chi connectivity index (χ3n) is 3.28. The molecule has 1 heterocycles. The molecular formula is C15H24N2O. The molecule has 1 aliphatic rings. The van der Waals surface area contributed by atoms with Gasteiger partial charge in [-0.25, -0.2) is 0 Å². The SMILES string of the molecule is CC(C)NCCN(C)Cc1ccc2c(c1)COC2. The van der Waals surface area contributed by atoms with E-state index in [1.807, 2.05) is 0 Å². The largest absolute Gasteiger partial charge is 0.372 e. The second kappa shape index (κ2) is 6.32. The Morgan fingerprint density at radius 2 is 2.06 bits per heavy atom. The normalized spacial score (nSPS) is 14.5. The molecule has 2 rings (SSSR count). The molecule has 3 heteroatoms. The number of fused-ring (bicyclic) bond motifs is 1. The lowest BCUT2D eigenvalue weighted by molar-refractivity contribution is 0.134. The molecule has 0 atom stereocenters. The molecule has 1 aliphatic heterocycles. The molecule has 1 aromatic carbocycles. The Bertz CT molecular complexity index is 390. The third-order valence-corrected chi connectivity index (χ3v) is 3.28. The fraction of sp³-hybridized carbons (Fsp3) is 0.600. The van der Waals surface area contributed by atoms with Crippen molar-refractivity contribution in [3.05, 3.63) is 34.9 Å². The summed E-state index contributed by atoms with van der Waals surface area (Å²) in [6, 6.07) is 7.28. The number of likely N-dealkylation sites (N-methyl/N-ethyl adjacent to an activating group) is 1. The molecule has 0 aliphatic carbocycles. The van der Waals surface area contributed by atoms with E-state index in [9.17, 15) is 0 Å². The summed E-state index contributed by atoms with van der Waals surface area (Å²) < 4.78 is 5.44. The number of rotatable bonds is 6. The van der Waals surface area contributed by atoms with Crippen molar-refractivity contribution in [3.8, 4) is 0 Å². The molecular weight excluding hydrogens is 224 g/mol. The average Bonchev–Trinajstić information content (AvgIpc) is 2.75. The highest BCUT2D eigenvalue weighted by molar-refractivity contribution is 5.33. The van der Waals surface area contributed by atoms with Gasteiger partial charge >= 0.3 is 0 Å². The average molecular weight is 248 g/mol. The van der Waals surface area contributed by atoms with Crippen LogP contribution in [0, 0.1) is 0 Å². The number of hydrogen-bond acceptors (Lipinski definition) is 3. The van der Waals surface area contributed by atoms with E-state index < -0.39 is 0 Å². The highest BCUT2D eigenvalue weighted by atomic mass is 16.5. The van der Waals surface area contributed by atoms with E-state index in [0.29, 0.717) is 6.04 Å². The van der Waals surface area contributed by atoms with E-state index in [2.05, 4.69) is 49.3 Å². The molecule has 100 valence electrons. The van der Waals surface area contributed by atoms with Gasteiger partial charge in [0.2, 0.25) is 0 Å². The van der Waals surface area contributed by atoms with Gasteiger partial charge in [-0.05, 0) is 23.7 Å². The molecule has 18 heavy (non-hydrogen) atoms. The molecule has 0 saturated carbocycles. The molecule has 0 aromatic heterocycles. The molecule has 1 N–H and O–H groups in total. The van der Waals surface area contributed by atoms with E-state index in [1.54, 1.807) is 0 Å². The Kier molecular flexibility index (Phi) is 4.75. The standard InChI is InChI=1S/C15H24N2O/c1-12(2)16-6-7-17(3)9-13-4-5-14-10-18-11-15(14)8-13/h4-5,8,12,16H,6-7,9-11H2,1-3H3. The zero-order chi connectivity index (χ0) is 13.0. The van der Waals surface area contributed by atoms with Crippen molar-refractivity contribution < 1.29 is 4.74 Å². The summed E-state index contributed by atoms with van der Waals surface area (Å²) >= 11 is 0. The number of benzene rings is 1. The van der Waals surface area contributed by atoms with Crippen LogP contribution in [0.5, 0.6) is 0 Å². The Morgan fingerprint density at radius 3 is 2.83 bits per heavy atom. The van der Waals surface area contributed by atoms with Gasteiger partial charge in [0.15, 0.2) is 0 Å². The van der Waals surface area contributed by atoms with Crippen molar-refractivity contribution in [2.24, 2.45) is 0 Å². The predicted octanol–water partition coefficient (Wildman–Crippen LogP) is 2.15. The molecule has 0 bridgehead atoms. The fourth-order valence-electron chi connectivity index (χ4n) is 2.26. The summed E-state index contributed by atoms with van der Waals surface area (Å²) in [6.45, 7) is 9.05. The molecule has 0 unspecified atom stereocenters. The van der Waals surface area contributed by atoms with Crippen LogP contribution in [0.2, 0.25) is 0 Å². The zero-order valence-electron chi connectivity index (χ0n) is 11.7. The smallest absolute Gasteiger partial charge is 0.0725 e. The van der Waals surface area contributed by atoms with Crippen LogP contribution < -0.4 is 5.32 Å². The van der Waals surface area contributed by atoms with Crippen LogP contribution in [0.25, 0.3) is 0 Å². The van der Waals surface area contributed by atoms with Crippen LogP contribution >= 0.6 is 0 Å². The number of nitrogens with one attached hydrogen (secondary N) is 1. The van der Waals surface area contributed by atoms with Gasteiger partial charge in [-0.15, -0.1) is 0 Å². The summed E-state index contributed by atoms with van der Waals surface area (Å²) in [5, 5.41) is 3.44. The van der Waals surface area contributed by atoms with Gasteiger partial charge in [0.05, 0.1) is 13.2 Å². The molecule has 3 nitrogen and oxygen atoms in total. The van der Waals surface area contributed by atoms with E-state index >= 15 is 0 Å². The van der Waals surface area contributed by atoms with Crippen LogP contribution in [-0.2, 0) is 24.5 Å². The van der Waals surface area contributed by atoms with Gasteiger partial charge in [-0.1, -0.05) is 32.0 Å². The monoisotopic (exact) mass is 248 g/mol.